The van der Waals surface area contributed by atoms with E-state index in [1.165, 1.54) is 26.2 Å². The number of amides is 1. The molecule has 2 rings (SSSR count). The summed E-state index contributed by atoms with van der Waals surface area (Å²) in [6.07, 6.45) is 1.17. The van der Waals surface area contributed by atoms with Crippen molar-refractivity contribution in [3.05, 3.63) is 17.8 Å². The van der Waals surface area contributed by atoms with E-state index in [1.54, 1.807) is 33.0 Å². The first-order valence-corrected chi connectivity index (χ1v) is 8.33. The van der Waals surface area contributed by atoms with Crippen LogP contribution in [-0.4, -0.2) is 62.0 Å². The highest BCUT2D eigenvalue weighted by Gasteiger charge is 2.42. The molecule has 0 saturated carbocycles. The van der Waals surface area contributed by atoms with Gasteiger partial charge in [-0.3, -0.25) is 4.79 Å². The van der Waals surface area contributed by atoms with Crippen molar-refractivity contribution in [2.45, 2.75) is 32.3 Å². The molecular formula is C18H26N2O6. The van der Waals surface area contributed by atoms with Crippen LogP contribution in [0, 0.1) is 5.92 Å². The van der Waals surface area contributed by atoms with Gasteiger partial charge in [0, 0.05) is 25.2 Å². The molecule has 1 aromatic rings. The molecule has 0 bridgehead atoms. The van der Waals surface area contributed by atoms with E-state index in [9.17, 15) is 9.59 Å². The first-order chi connectivity index (χ1) is 12.2. The van der Waals surface area contributed by atoms with Gasteiger partial charge in [0.05, 0.1) is 27.2 Å². The maximum absolute atomic E-state index is 12.4. The summed E-state index contributed by atoms with van der Waals surface area (Å²) in [7, 11) is 4.35. The number of hydrogen-bond acceptors (Lipinski definition) is 7. The number of rotatable bonds is 4. The lowest BCUT2D eigenvalue weighted by atomic mass is 9.90. The third-order valence-corrected chi connectivity index (χ3v) is 4.16. The van der Waals surface area contributed by atoms with Crippen molar-refractivity contribution in [2.24, 2.45) is 5.92 Å². The Morgan fingerprint density at radius 2 is 1.85 bits per heavy atom. The average molecular weight is 366 g/mol. The van der Waals surface area contributed by atoms with Gasteiger partial charge in [0.25, 0.3) is 5.88 Å². The van der Waals surface area contributed by atoms with Crippen LogP contribution in [0.2, 0.25) is 0 Å². The van der Waals surface area contributed by atoms with Crippen LogP contribution in [0.1, 0.15) is 32.3 Å². The van der Waals surface area contributed by atoms with Gasteiger partial charge in [-0.05, 0) is 32.4 Å². The Hall–Kier alpha value is -2.51. The SMILES string of the molecule is COC(=O)[C@@H]1CN(C(=O)OC(C)(C)C)C[C@H]1c1cnc(OC)c(OC)c1. The fourth-order valence-electron chi connectivity index (χ4n) is 2.96. The second-order valence-electron chi connectivity index (χ2n) is 7.10. The summed E-state index contributed by atoms with van der Waals surface area (Å²) >= 11 is 0. The highest BCUT2D eigenvalue weighted by Crippen LogP contribution is 2.37. The summed E-state index contributed by atoms with van der Waals surface area (Å²) in [4.78, 5) is 30.4. The molecule has 8 nitrogen and oxygen atoms in total. The van der Waals surface area contributed by atoms with Crippen LogP contribution >= 0.6 is 0 Å². The van der Waals surface area contributed by atoms with E-state index in [2.05, 4.69) is 4.98 Å². The molecule has 0 N–H and O–H groups in total. The minimum atomic E-state index is -0.610. The zero-order valence-corrected chi connectivity index (χ0v) is 16.1. The number of nitrogens with zero attached hydrogens (tertiary/aromatic N) is 2. The van der Waals surface area contributed by atoms with Crippen molar-refractivity contribution in [3.8, 4) is 11.6 Å². The number of methoxy groups -OCH3 is 3. The van der Waals surface area contributed by atoms with Crippen molar-refractivity contribution in [3.63, 3.8) is 0 Å². The number of likely N-dealkylation sites (tertiary alicyclic amines) is 1. The molecule has 0 spiro atoms. The molecule has 1 aromatic heterocycles. The molecule has 2 heterocycles. The summed E-state index contributed by atoms with van der Waals surface area (Å²) in [5, 5.41) is 0. The highest BCUT2D eigenvalue weighted by molar-refractivity contribution is 5.77. The van der Waals surface area contributed by atoms with E-state index < -0.39 is 17.6 Å². The van der Waals surface area contributed by atoms with Gasteiger partial charge in [-0.25, -0.2) is 9.78 Å². The first-order valence-electron chi connectivity index (χ1n) is 8.33. The van der Waals surface area contributed by atoms with Crippen molar-refractivity contribution in [1.82, 2.24) is 9.88 Å². The lowest BCUT2D eigenvalue weighted by Crippen LogP contribution is -2.36. The number of ether oxygens (including phenoxy) is 4. The number of pyridine rings is 1. The molecule has 8 heteroatoms. The van der Waals surface area contributed by atoms with Crippen LogP contribution in [0.5, 0.6) is 11.6 Å². The number of hydrogen-bond donors (Lipinski definition) is 0. The number of carbonyl (C=O) groups is 2. The van der Waals surface area contributed by atoms with Gasteiger partial charge in [-0.2, -0.15) is 0 Å². The third kappa shape index (κ3) is 4.36. The van der Waals surface area contributed by atoms with E-state index in [0.717, 1.165) is 5.56 Å². The standard InChI is InChI=1S/C18H26N2O6/c1-18(2,3)26-17(22)20-9-12(13(10-20)16(21)25-6)11-7-14(23-4)15(24-5)19-8-11/h7-8,12-13H,9-10H2,1-6H3/t12-,13+/m0/s1. The van der Waals surface area contributed by atoms with Gasteiger partial charge in [-0.1, -0.05) is 0 Å². The Kier molecular flexibility index (Phi) is 5.94. The molecule has 2 atom stereocenters. The monoisotopic (exact) mass is 366 g/mol. The molecule has 144 valence electrons. The van der Waals surface area contributed by atoms with Gasteiger partial charge < -0.3 is 23.8 Å². The average Bonchev–Trinajstić information content (AvgIpc) is 3.04. The van der Waals surface area contributed by atoms with Crippen LogP contribution in [0.25, 0.3) is 0 Å². The topological polar surface area (TPSA) is 87.2 Å². The lowest BCUT2D eigenvalue weighted by Gasteiger charge is -2.24. The smallest absolute Gasteiger partial charge is 0.410 e. The molecule has 1 aliphatic rings. The second-order valence-corrected chi connectivity index (χ2v) is 7.10. The van der Waals surface area contributed by atoms with Crippen molar-refractivity contribution in [2.75, 3.05) is 34.4 Å². The Bertz CT molecular complexity index is 670. The van der Waals surface area contributed by atoms with Crippen LogP contribution in [0.4, 0.5) is 4.79 Å². The quantitative estimate of drug-likeness (QED) is 0.755. The van der Waals surface area contributed by atoms with Crippen molar-refractivity contribution in [1.29, 1.82) is 0 Å². The van der Waals surface area contributed by atoms with E-state index in [1.807, 2.05) is 0 Å². The van der Waals surface area contributed by atoms with Gasteiger partial charge in [-0.15, -0.1) is 0 Å². The number of aromatic nitrogens is 1. The fourth-order valence-corrected chi connectivity index (χ4v) is 2.96. The van der Waals surface area contributed by atoms with Crippen LogP contribution in [0.3, 0.4) is 0 Å². The molecule has 1 fully saturated rings. The normalized spacial score (nSPS) is 19.8. The zero-order chi connectivity index (χ0) is 19.5. The largest absolute Gasteiger partial charge is 0.491 e. The van der Waals surface area contributed by atoms with E-state index in [4.69, 9.17) is 18.9 Å². The van der Waals surface area contributed by atoms with Gasteiger partial charge in [0.2, 0.25) is 0 Å². The van der Waals surface area contributed by atoms with Gasteiger partial charge >= 0.3 is 12.1 Å². The van der Waals surface area contributed by atoms with E-state index in [-0.39, 0.29) is 18.4 Å². The van der Waals surface area contributed by atoms with Crippen molar-refractivity contribution < 1.29 is 28.5 Å². The molecule has 1 saturated heterocycles. The zero-order valence-electron chi connectivity index (χ0n) is 16.1. The Morgan fingerprint density at radius 1 is 1.15 bits per heavy atom. The van der Waals surface area contributed by atoms with E-state index >= 15 is 0 Å². The molecule has 0 unspecified atom stereocenters. The maximum Gasteiger partial charge on any atom is 0.410 e. The number of esters is 1. The van der Waals surface area contributed by atoms with Crippen molar-refractivity contribution >= 4 is 12.1 Å². The summed E-state index contributed by atoms with van der Waals surface area (Å²) in [6.45, 7) is 5.95. The molecule has 0 radical (unpaired) electrons. The third-order valence-electron chi connectivity index (χ3n) is 4.16. The molecule has 0 aromatic carbocycles. The summed E-state index contributed by atoms with van der Waals surface area (Å²) in [5.41, 5.74) is 0.157. The first kappa shape index (κ1) is 19.8. The molecule has 0 aliphatic carbocycles. The van der Waals surface area contributed by atoms with E-state index in [0.29, 0.717) is 18.2 Å². The minimum absolute atomic E-state index is 0.223. The van der Waals surface area contributed by atoms with Gasteiger partial charge in [0.1, 0.15) is 5.60 Å². The summed E-state index contributed by atoms with van der Waals surface area (Å²) < 4.78 is 20.8. The maximum atomic E-state index is 12.4. The predicted molar refractivity (Wildman–Crippen MR) is 93.4 cm³/mol. The van der Waals surface area contributed by atoms with Crippen LogP contribution in [-0.2, 0) is 14.3 Å². The molecular weight excluding hydrogens is 340 g/mol. The Labute approximate surface area is 153 Å². The summed E-state index contributed by atoms with van der Waals surface area (Å²) in [5.74, 6) is -0.345. The van der Waals surface area contributed by atoms with Crippen LogP contribution < -0.4 is 9.47 Å². The predicted octanol–water partition coefficient (Wildman–Crippen LogP) is 2.22. The fraction of sp³-hybridized carbons (Fsp3) is 0.611. The molecule has 1 aliphatic heterocycles. The number of carbonyl (C=O) groups excluding carboxylic acids is 2. The molecule has 1 amide bonds. The summed E-state index contributed by atoms with van der Waals surface area (Å²) in [6, 6.07) is 1.77. The minimum Gasteiger partial charge on any atom is -0.491 e. The molecule has 26 heavy (non-hydrogen) atoms. The Balaban J connectivity index is 2.30. The van der Waals surface area contributed by atoms with Crippen LogP contribution in [0.15, 0.2) is 12.3 Å². The Morgan fingerprint density at radius 3 is 2.38 bits per heavy atom. The van der Waals surface area contributed by atoms with Gasteiger partial charge in [0.15, 0.2) is 5.75 Å². The highest BCUT2D eigenvalue weighted by atomic mass is 16.6. The lowest BCUT2D eigenvalue weighted by molar-refractivity contribution is -0.145. The second kappa shape index (κ2) is 7.80.